The standard InChI is InChI=1S/C16H22IN3O3/c1-11(2)8-23-16(21)20-13-6-19(7-14(20)10-22-9-13)15-4-3-12(17)5-18-15/h3-5,11,13-14H,6-10H2,1-2H3. The third-order valence-electron chi connectivity index (χ3n) is 4.06. The van der Waals surface area contributed by atoms with Gasteiger partial charge in [-0.2, -0.15) is 0 Å². The Morgan fingerprint density at radius 3 is 2.65 bits per heavy atom. The molecule has 0 N–H and O–H groups in total. The maximum atomic E-state index is 12.4. The summed E-state index contributed by atoms with van der Waals surface area (Å²) in [4.78, 5) is 21.0. The molecule has 2 aliphatic heterocycles. The SMILES string of the molecule is CC(C)COC(=O)N1C2COCC1CN(c1ccc(I)cn1)C2. The van der Waals surface area contributed by atoms with Crippen LogP contribution in [0.4, 0.5) is 10.6 Å². The van der Waals surface area contributed by atoms with Crippen molar-refractivity contribution >= 4 is 34.5 Å². The summed E-state index contributed by atoms with van der Waals surface area (Å²) < 4.78 is 12.2. The molecule has 2 fully saturated rings. The quantitative estimate of drug-likeness (QED) is 0.689. The molecule has 1 aromatic rings. The van der Waals surface area contributed by atoms with Gasteiger partial charge in [0.05, 0.1) is 31.9 Å². The number of fused-ring (bicyclic) bond motifs is 2. The number of rotatable bonds is 3. The van der Waals surface area contributed by atoms with Crippen LogP contribution in [0.3, 0.4) is 0 Å². The number of halogens is 1. The molecule has 0 aromatic carbocycles. The molecule has 2 bridgehead atoms. The van der Waals surface area contributed by atoms with E-state index in [-0.39, 0.29) is 18.2 Å². The number of hydrogen-bond donors (Lipinski definition) is 0. The Morgan fingerprint density at radius 2 is 2.09 bits per heavy atom. The Balaban J connectivity index is 1.70. The summed E-state index contributed by atoms with van der Waals surface area (Å²) in [5.74, 6) is 1.30. The van der Waals surface area contributed by atoms with Crippen molar-refractivity contribution in [2.75, 3.05) is 37.8 Å². The predicted octanol–water partition coefficient (Wildman–Crippen LogP) is 2.37. The highest BCUT2D eigenvalue weighted by molar-refractivity contribution is 14.1. The highest BCUT2D eigenvalue weighted by atomic mass is 127. The molecule has 3 heterocycles. The molecule has 0 radical (unpaired) electrons. The number of amides is 1. The molecule has 0 spiro atoms. The summed E-state index contributed by atoms with van der Waals surface area (Å²) in [5.41, 5.74) is 0. The van der Waals surface area contributed by atoms with Crippen molar-refractivity contribution < 1.29 is 14.3 Å². The van der Waals surface area contributed by atoms with Crippen molar-refractivity contribution in [2.45, 2.75) is 25.9 Å². The van der Waals surface area contributed by atoms with Gasteiger partial charge in [-0.25, -0.2) is 9.78 Å². The lowest BCUT2D eigenvalue weighted by atomic mass is 10.1. The monoisotopic (exact) mass is 431 g/mol. The average Bonchev–Trinajstić information content (AvgIpc) is 2.52. The molecule has 2 saturated heterocycles. The zero-order valence-corrected chi connectivity index (χ0v) is 15.6. The van der Waals surface area contributed by atoms with Crippen LogP contribution in [0.5, 0.6) is 0 Å². The van der Waals surface area contributed by atoms with Crippen molar-refractivity contribution in [1.82, 2.24) is 9.88 Å². The Hall–Kier alpha value is -1.09. The molecule has 1 aromatic heterocycles. The van der Waals surface area contributed by atoms with Crippen molar-refractivity contribution in [2.24, 2.45) is 5.92 Å². The van der Waals surface area contributed by atoms with Gasteiger partial charge in [0, 0.05) is 22.9 Å². The first-order chi connectivity index (χ1) is 11.0. The van der Waals surface area contributed by atoms with Gasteiger partial charge in [-0.3, -0.25) is 4.90 Å². The average molecular weight is 431 g/mol. The van der Waals surface area contributed by atoms with Gasteiger partial charge in [0.25, 0.3) is 0 Å². The largest absolute Gasteiger partial charge is 0.449 e. The summed E-state index contributed by atoms with van der Waals surface area (Å²) >= 11 is 2.25. The van der Waals surface area contributed by atoms with Crippen LogP contribution < -0.4 is 4.90 Å². The van der Waals surface area contributed by atoms with Gasteiger partial charge in [0.1, 0.15) is 5.82 Å². The van der Waals surface area contributed by atoms with Gasteiger partial charge in [-0.05, 0) is 40.6 Å². The fourth-order valence-corrected chi connectivity index (χ4v) is 3.34. The van der Waals surface area contributed by atoms with Crippen molar-refractivity contribution in [1.29, 1.82) is 0 Å². The highest BCUT2D eigenvalue weighted by Gasteiger charge is 2.42. The second-order valence-corrected chi connectivity index (χ2v) is 7.71. The number of aromatic nitrogens is 1. The molecule has 2 aliphatic rings. The molecule has 23 heavy (non-hydrogen) atoms. The van der Waals surface area contributed by atoms with E-state index in [1.807, 2.05) is 31.0 Å². The fraction of sp³-hybridized carbons (Fsp3) is 0.625. The third-order valence-corrected chi connectivity index (χ3v) is 4.69. The summed E-state index contributed by atoms with van der Waals surface area (Å²) in [6, 6.07) is 4.12. The van der Waals surface area contributed by atoms with Crippen LogP contribution in [0.1, 0.15) is 13.8 Å². The first kappa shape index (κ1) is 16.8. The fourth-order valence-electron chi connectivity index (χ4n) is 3.02. The van der Waals surface area contributed by atoms with Gasteiger partial charge in [-0.15, -0.1) is 0 Å². The Bertz CT molecular complexity index is 538. The smallest absolute Gasteiger partial charge is 0.410 e. The molecule has 2 atom stereocenters. The number of hydrogen-bond acceptors (Lipinski definition) is 5. The van der Waals surface area contributed by atoms with Crippen LogP contribution in [0.2, 0.25) is 0 Å². The van der Waals surface area contributed by atoms with Crippen LogP contribution >= 0.6 is 22.6 Å². The summed E-state index contributed by atoms with van der Waals surface area (Å²) in [6.45, 7) is 7.08. The van der Waals surface area contributed by atoms with Gasteiger partial charge in [-0.1, -0.05) is 13.8 Å². The molecule has 0 aliphatic carbocycles. The van der Waals surface area contributed by atoms with Gasteiger partial charge < -0.3 is 14.4 Å². The Labute approximate surface area is 150 Å². The van der Waals surface area contributed by atoms with E-state index >= 15 is 0 Å². The van der Waals surface area contributed by atoms with E-state index in [1.165, 1.54) is 0 Å². The minimum atomic E-state index is -0.216. The van der Waals surface area contributed by atoms with Crippen molar-refractivity contribution in [3.8, 4) is 0 Å². The summed E-state index contributed by atoms with van der Waals surface area (Å²) in [6.07, 6.45) is 1.65. The molecule has 2 unspecified atom stereocenters. The lowest BCUT2D eigenvalue weighted by molar-refractivity contribution is -0.0529. The molecular weight excluding hydrogens is 409 g/mol. The number of pyridine rings is 1. The van der Waals surface area contributed by atoms with E-state index in [4.69, 9.17) is 9.47 Å². The van der Waals surface area contributed by atoms with Crippen LogP contribution in [0.25, 0.3) is 0 Å². The first-order valence-corrected chi connectivity index (χ1v) is 9.02. The molecule has 0 saturated carbocycles. The van der Waals surface area contributed by atoms with E-state index in [0.29, 0.717) is 25.7 Å². The summed E-state index contributed by atoms with van der Waals surface area (Å²) in [5, 5.41) is 0. The minimum absolute atomic E-state index is 0.0169. The van der Waals surface area contributed by atoms with Crippen LogP contribution in [0.15, 0.2) is 18.3 Å². The van der Waals surface area contributed by atoms with E-state index in [9.17, 15) is 4.79 Å². The minimum Gasteiger partial charge on any atom is -0.449 e. The van der Waals surface area contributed by atoms with Crippen molar-refractivity contribution in [3.05, 3.63) is 21.9 Å². The third kappa shape index (κ3) is 3.88. The predicted molar refractivity (Wildman–Crippen MR) is 95.6 cm³/mol. The number of nitrogens with zero attached hydrogens (tertiary/aromatic N) is 3. The lowest BCUT2D eigenvalue weighted by Gasteiger charge is -2.49. The van der Waals surface area contributed by atoms with Gasteiger partial charge >= 0.3 is 6.09 Å². The number of ether oxygens (including phenoxy) is 2. The summed E-state index contributed by atoms with van der Waals surface area (Å²) in [7, 11) is 0. The van der Waals surface area contributed by atoms with E-state index in [0.717, 1.165) is 22.5 Å². The molecule has 7 heteroatoms. The maximum Gasteiger partial charge on any atom is 0.410 e. The van der Waals surface area contributed by atoms with Crippen LogP contribution in [-0.2, 0) is 9.47 Å². The number of anilines is 1. The Kier molecular flexibility index (Phi) is 5.25. The molecule has 6 nitrogen and oxygen atoms in total. The van der Waals surface area contributed by atoms with E-state index < -0.39 is 0 Å². The number of carbonyl (C=O) groups is 1. The number of morpholine rings is 1. The topological polar surface area (TPSA) is 54.9 Å². The second kappa shape index (κ2) is 7.21. The first-order valence-electron chi connectivity index (χ1n) is 7.94. The number of piperazine rings is 1. The van der Waals surface area contributed by atoms with E-state index in [1.54, 1.807) is 0 Å². The molecular formula is C16H22IN3O3. The van der Waals surface area contributed by atoms with Crippen LogP contribution in [-0.4, -0.2) is 61.0 Å². The second-order valence-electron chi connectivity index (χ2n) is 6.46. The zero-order chi connectivity index (χ0) is 16.4. The van der Waals surface area contributed by atoms with E-state index in [2.05, 4.69) is 38.5 Å². The van der Waals surface area contributed by atoms with Gasteiger partial charge in [0.15, 0.2) is 0 Å². The van der Waals surface area contributed by atoms with Crippen molar-refractivity contribution in [3.63, 3.8) is 0 Å². The molecule has 126 valence electrons. The zero-order valence-electron chi connectivity index (χ0n) is 13.4. The maximum absolute atomic E-state index is 12.4. The molecule has 3 rings (SSSR count). The highest BCUT2D eigenvalue weighted by Crippen LogP contribution is 2.26. The van der Waals surface area contributed by atoms with Gasteiger partial charge in [0.2, 0.25) is 0 Å². The molecule has 1 amide bonds. The normalized spacial score (nSPS) is 24.0. The Morgan fingerprint density at radius 1 is 1.39 bits per heavy atom. The van der Waals surface area contributed by atoms with Crippen LogP contribution in [0, 0.1) is 9.49 Å². The number of carbonyl (C=O) groups excluding carboxylic acids is 1. The lowest BCUT2D eigenvalue weighted by Crippen LogP contribution is -2.66.